The maximum atomic E-state index is 11.6. The molecule has 0 fully saturated rings. The molecule has 0 aromatic carbocycles. The van der Waals surface area contributed by atoms with E-state index in [2.05, 4.69) is 5.10 Å². The molecule has 0 spiro atoms. The summed E-state index contributed by atoms with van der Waals surface area (Å²) < 4.78 is 1.80. The van der Waals surface area contributed by atoms with Gasteiger partial charge in [-0.2, -0.15) is 5.10 Å². The molecule has 4 nitrogen and oxygen atoms in total. The molecule has 1 heterocycles. The van der Waals surface area contributed by atoms with Crippen LogP contribution in [-0.2, 0) is 17.8 Å². The summed E-state index contributed by atoms with van der Waals surface area (Å²) in [5.41, 5.74) is 5.86. The van der Waals surface area contributed by atoms with Crippen LogP contribution in [0.1, 0.15) is 26.3 Å². The fourth-order valence-electron chi connectivity index (χ4n) is 1.08. The normalized spacial score (nSPS) is 11.7. The highest BCUT2D eigenvalue weighted by atomic mass is 16.1. The molecule has 14 heavy (non-hydrogen) atoms. The van der Waals surface area contributed by atoms with Crippen molar-refractivity contribution in [3.63, 3.8) is 0 Å². The highest BCUT2D eigenvalue weighted by Crippen LogP contribution is 2.06. The second kappa shape index (κ2) is 3.92. The first-order valence-corrected chi connectivity index (χ1v) is 4.77. The zero-order valence-corrected chi connectivity index (χ0v) is 8.95. The predicted molar refractivity (Wildman–Crippen MR) is 54.9 cm³/mol. The molecular weight excluding hydrogens is 178 g/mol. The SMILES string of the molecule is CCn1cc(CC(=O)C(C)(C)N)cn1. The van der Waals surface area contributed by atoms with E-state index < -0.39 is 5.54 Å². The van der Waals surface area contributed by atoms with Gasteiger partial charge in [-0.25, -0.2) is 0 Å². The molecular formula is C10H17N3O. The molecule has 0 aliphatic rings. The summed E-state index contributed by atoms with van der Waals surface area (Å²) in [5.74, 6) is 0.0353. The van der Waals surface area contributed by atoms with Crippen molar-refractivity contribution in [3.05, 3.63) is 18.0 Å². The largest absolute Gasteiger partial charge is 0.319 e. The van der Waals surface area contributed by atoms with Gasteiger partial charge in [-0.3, -0.25) is 9.48 Å². The quantitative estimate of drug-likeness (QED) is 0.771. The number of hydrogen-bond donors (Lipinski definition) is 1. The van der Waals surface area contributed by atoms with Crippen molar-refractivity contribution in [3.8, 4) is 0 Å². The highest BCUT2D eigenvalue weighted by Gasteiger charge is 2.21. The molecule has 0 radical (unpaired) electrons. The minimum atomic E-state index is -0.756. The van der Waals surface area contributed by atoms with Crippen molar-refractivity contribution >= 4 is 5.78 Å². The second-order valence-electron chi connectivity index (χ2n) is 4.03. The van der Waals surface area contributed by atoms with Crippen molar-refractivity contribution in [2.24, 2.45) is 5.73 Å². The van der Waals surface area contributed by atoms with E-state index in [9.17, 15) is 4.79 Å². The number of aryl methyl sites for hydroxylation is 1. The molecule has 0 atom stereocenters. The first-order chi connectivity index (χ1) is 6.43. The van der Waals surface area contributed by atoms with Crippen LogP contribution in [0.4, 0.5) is 0 Å². The van der Waals surface area contributed by atoms with E-state index in [0.717, 1.165) is 12.1 Å². The monoisotopic (exact) mass is 195 g/mol. The Hall–Kier alpha value is -1.16. The Morgan fingerprint density at radius 1 is 1.64 bits per heavy atom. The summed E-state index contributed by atoms with van der Waals surface area (Å²) in [5, 5.41) is 4.09. The van der Waals surface area contributed by atoms with Gasteiger partial charge in [0, 0.05) is 19.2 Å². The van der Waals surface area contributed by atoms with Crippen molar-refractivity contribution in [1.29, 1.82) is 0 Å². The van der Waals surface area contributed by atoms with Crippen molar-refractivity contribution < 1.29 is 4.79 Å². The topological polar surface area (TPSA) is 60.9 Å². The maximum Gasteiger partial charge on any atom is 0.156 e. The van der Waals surface area contributed by atoms with Crippen LogP contribution in [0, 0.1) is 0 Å². The third kappa shape index (κ3) is 2.67. The number of aromatic nitrogens is 2. The molecule has 0 bridgehead atoms. The van der Waals surface area contributed by atoms with Gasteiger partial charge in [0.25, 0.3) is 0 Å². The van der Waals surface area contributed by atoms with E-state index in [4.69, 9.17) is 5.73 Å². The number of Topliss-reactive ketones (excluding diaryl/α,β-unsaturated/α-hetero) is 1. The first-order valence-electron chi connectivity index (χ1n) is 4.77. The second-order valence-corrected chi connectivity index (χ2v) is 4.03. The van der Waals surface area contributed by atoms with E-state index in [1.54, 1.807) is 24.7 Å². The lowest BCUT2D eigenvalue weighted by atomic mass is 9.96. The minimum Gasteiger partial charge on any atom is -0.319 e. The Labute approximate surface area is 84.1 Å². The van der Waals surface area contributed by atoms with Crippen LogP contribution in [0.3, 0.4) is 0 Å². The lowest BCUT2D eigenvalue weighted by Crippen LogP contribution is -2.42. The molecule has 0 amide bonds. The molecule has 0 unspecified atom stereocenters. The summed E-state index contributed by atoms with van der Waals surface area (Å²) in [6.07, 6.45) is 3.96. The molecule has 2 N–H and O–H groups in total. The van der Waals surface area contributed by atoms with Crippen molar-refractivity contribution in [1.82, 2.24) is 9.78 Å². The number of rotatable bonds is 4. The average molecular weight is 195 g/mol. The van der Waals surface area contributed by atoms with E-state index in [1.807, 2.05) is 13.1 Å². The lowest BCUT2D eigenvalue weighted by molar-refractivity contribution is -0.122. The Kier molecular flexibility index (Phi) is 3.06. The standard InChI is InChI=1S/C10H17N3O/c1-4-13-7-8(6-12-13)5-9(14)10(2,3)11/h6-7H,4-5,11H2,1-3H3. The zero-order chi connectivity index (χ0) is 10.8. The summed E-state index contributed by atoms with van der Waals surface area (Å²) >= 11 is 0. The van der Waals surface area contributed by atoms with E-state index >= 15 is 0 Å². The van der Waals surface area contributed by atoms with E-state index in [1.165, 1.54) is 0 Å². The summed E-state index contributed by atoms with van der Waals surface area (Å²) in [4.78, 5) is 11.6. The van der Waals surface area contributed by atoms with Crippen LogP contribution >= 0.6 is 0 Å². The van der Waals surface area contributed by atoms with Crippen molar-refractivity contribution in [2.45, 2.75) is 39.3 Å². The summed E-state index contributed by atoms with van der Waals surface area (Å²) in [6, 6.07) is 0. The van der Waals surface area contributed by atoms with Crippen LogP contribution < -0.4 is 5.73 Å². The van der Waals surface area contributed by atoms with Crippen molar-refractivity contribution in [2.75, 3.05) is 0 Å². The Bertz CT molecular complexity index is 322. The molecule has 1 aromatic rings. The van der Waals surface area contributed by atoms with E-state index in [-0.39, 0.29) is 5.78 Å². The molecule has 0 saturated carbocycles. The summed E-state index contributed by atoms with van der Waals surface area (Å²) in [7, 11) is 0. The average Bonchev–Trinajstić information content (AvgIpc) is 2.50. The molecule has 1 aromatic heterocycles. The zero-order valence-electron chi connectivity index (χ0n) is 8.95. The van der Waals surface area contributed by atoms with Gasteiger partial charge >= 0.3 is 0 Å². The number of hydrogen-bond acceptors (Lipinski definition) is 3. The molecule has 0 saturated heterocycles. The molecule has 4 heteroatoms. The van der Waals surface area contributed by atoms with Gasteiger partial charge in [0.05, 0.1) is 11.7 Å². The van der Waals surface area contributed by atoms with Crippen LogP contribution in [-0.4, -0.2) is 21.1 Å². The predicted octanol–water partition coefficient (Wildman–Crippen LogP) is 0.752. The molecule has 78 valence electrons. The Balaban J connectivity index is 2.65. The number of carbonyl (C=O) groups is 1. The lowest BCUT2D eigenvalue weighted by Gasteiger charge is -2.15. The molecule has 0 aliphatic heterocycles. The number of nitrogens with two attached hydrogens (primary N) is 1. The Morgan fingerprint density at radius 2 is 2.29 bits per heavy atom. The third-order valence-corrected chi connectivity index (χ3v) is 2.09. The number of ketones is 1. The van der Waals surface area contributed by atoms with Gasteiger partial charge in [0.1, 0.15) is 0 Å². The van der Waals surface area contributed by atoms with Gasteiger partial charge in [0.2, 0.25) is 0 Å². The fourth-order valence-corrected chi connectivity index (χ4v) is 1.08. The van der Waals surface area contributed by atoms with Crippen LogP contribution in [0.15, 0.2) is 12.4 Å². The van der Waals surface area contributed by atoms with Crippen LogP contribution in [0.5, 0.6) is 0 Å². The van der Waals surface area contributed by atoms with Crippen LogP contribution in [0.2, 0.25) is 0 Å². The number of carbonyl (C=O) groups excluding carboxylic acids is 1. The smallest absolute Gasteiger partial charge is 0.156 e. The maximum absolute atomic E-state index is 11.6. The fraction of sp³-hybridized carbons (Fsp3) is 0.600. The van der Waals surface area contributed by atoms with Gasteiger partial charge in [-0.15, -0.1) is 0 Å². The Morgan fingerprint density at radius 3 is 2.71 bits per heavy atom. The highest BCUT2D eigenvalue weighted by molar-refractivity contribution is 5.88. The minimum absolute atomic E-state index is 0.0353. The van der Waals surface area contributed by atoms with E-state index in [0.29, 0.717) is 6.42 Å². The third-order valence-electron chi connectivity index (χ3n) is 2.09. The first kappa shape index (κ1) is 10.9. The molecule has 0 aliphatic carbocycles. The number of nitrogens with zero attached hydrogens (tertiary/aromatic N) is 2. The van der Waals surface area contributed by atoms with Gasteiger partial charge in [0.15, 0.2) is 5.78 Å². The van der Waals surface area contributed by atoms with Gasteiger partial charge in [-0.05, 0) is 26.3 Å². The van der Waals surface area contributed by atoms with Gasteiger partial charge < -0.3 is 5.73 Å². The van der Waals surface area contributed by atoms with Gasteiger partial charge in [-0.1, -0.05) is 0 Å². The molecule has 1 rings (SSSR count). The summed E-state index contributed by atoms with van der Waals surface area (Å²) in [6.45, 7) is 6.27. The van der Waals surface area contributed by atoms with Crippen LogP contribution in [0.25, 0.3) is 0 Å².